The number of rotatable bonds is 71. The van der Waals surface area contributed by atoms with Crippen LogP contribution in [-0.2, 0) is 65.4 Å². The van der Waals surface area contributed by atoms with E-state index in [1.54, 1.807) is 0 Å². The van der Waals surface area contributed by atoms with Gasteiger partial charge in [0.1, 0.15) is 19.3 Å². The molecule has 0 aliphatic carbocycles. The van der Waals surface area contributed by atoms with Crippen LogP contribution in [0.4, 0.5) is 0 Å². The van der Waals surface area contributed by atoms with E-state index in [2.05, 4.69) is 167 Å². The molecule has 0 fully saturated rings. The number of hydrogen-bond donors (Lipinski definition) is 3. The number of carbonyl (C=O) groups is 4. The highest BCUT2D eigenvalue weighted by Gasteiger charge is 2.30. The Morgan fingerprint density at radius 3 is 0.863 bits per heavy atom. The highest BCUT2D eigenvalue weighted by Crippen LogP contribution is 2.45. The maximum absolute atomic E-state index is 13.1. The normalized spacial score (nSPS) is 14.8. The molecule has 17 nitrogen and oxygen atoms in total. The lowest BCUT2D eigenvalue weighted by Gasteiger charge is -2.21. The Balaban J connectivity index is 5.47. The minimum atomic E-state index is -5.01. The number of ether oxygens (including phenoxy) is 4. The third-order valence-corrected chi connectivity index (χ3v) is 17.4. The van der Waals surface area contributed by atoms with E-state index in [-0.39, 0.29) is 25.7 Å². The Morgan fingerprint density at radius 1 is 0.284 bits per heavy atom. The number of unbranched alkanes of at least 4 members (excludes halogenated alkanes) is 19. The first-order valence-corrected chi connectivity index (χ1v) is 41.7. The molecule has 0 heterocycles. The van der Waals surface area contributed by atoms with Crippen LogP contribution in [0.5, 0.6) is 0 Å². The average Bonchev–Trinajstić information content (AvgIpc) is 0.924. The van der Waals surface area contributed by atoms with Gasteiger partial charge in [-0.3, -0.25) is 37.3 Å². The Kier molecular flexibility index (Phi) is 70.1. The zero-order valence-electron chi connectivity index (χ0n) is 63.2. The third-order valence-electron chi connectivity index (χ3n) is 15.5. The summed E-state index contributed by atoms with van der Waals surface area (Å²) in [6, 6.07) is 0. The highest BCUT2D eigenvalue weighted by atomic mass is 31.2. The van der Waals surface area contributed by atoms with Crippen molar-refractivity contribution in [3.63, 3.8) is 0 Å². The third kappa shape index (κ3) is 73.0. The molecule has 3 N–H and O–H groups in total. The molecule has 102 heavy (non-hydrogen) atoms. The molecule has 0 bridgehead atoms. The van der Waals surface area contributed by atoms with Gasteiger partial charge >= 0.3 is 39.5 Å². The summed E-state index contributed by atoms with van der Waals surface area (Å²) in [7, 11) is -10.00. The van der Waals surface area contributed by atoms with E-state index in [9.17, 15) is 43.2 Å². The Labute approximate surface area is 617 Å². The van der Waals surface area contributed by atoms with Gasteiger partial charge in [-0.25, -0.2) is 9.13 Å². The molecule has 0 aromatic heterocycles. The summed E-state index contributed by atoms with van der Waals surface area (Å²) in [5, 5.41) is 10.6. The molecule has 5 atom stereocenters. The fraction of sp³-hybridized carbons (Fsp3) is 0.639. The van der Waals surface area contributed by atoms with Gasteiger partial charge in [0.15, 0.2) is 12.2 Å². The number of phosphoric ester groups is 2. The van der Waals surface area contributed by atoms with Gasteiger partial charge in [0.25, 0.3) is 0 Å². The molecule has 0 rings (SSSR count). The van der Waals surface area contributed by atoms with E-state index in [4.69, 9.17) is 37.0 Å². The molecular weight excluding hydrogens is 1330 g/mol. The average molecular weight is 1470 g/mol. The molecule has 0 aromatic rings. The summed E-state index contributed by atoms with van der Waals surface area (Å²) >= 11 is 0. The van der Waals surface area contributed by atoms with Gasteiger partial charge in [0.05, 0.1) is 26.4 Å². The fourth-order valence-electron chi connectivity index (χ4n) is 9.72. The second-order valence-corrected chi connectivity index (χ2v) is 28.1. The summed E-state index contributed by atoms with van der Waals surface area (Å²) in [5.41, 5.74) is 0. The van der Waals surface area contributed by atoms with E-state index in [1.165, 1.54) is 51.4 Å². The Hall–Kier alpha value is -5.32. The molecule has 0 aliphatic heterocycles. The minimum Gasteiger partial charge on any atom is -0.462 e. The van der Waals surface area contributed by atoms with Crippen LogP contribution in [0.25, 0.3) is 0 Å². The Bertz CT molecular complexity index is 2550. The first kappa shape index (κ1) is 96.7. The van der Waals surface area contributed by atoms with Gasteiger partial charge in [-0.15, -0.1) is 0 Å². The lowest BCUT2D eigenvalue weighted by atomic mass is 10.0. The summed E-state index contributed by atoms with van der Waals surface area (Å²) in [4.78, 5) is 72.9. The molecular formula is C83H136O17P2. The number of carbonyl (C=O) groups excluding carboxylic acids is 4. The van der Waals surface area contributed by atoms with Crippen molar-refractivity contribution in [1.82, 2.24) is 0 Å². The van der Waals surface area contributed by atoms with Gasteiger partial charge in [-0.2, -0.15) is 0 Å². The van der Waals surface area contributed by atoms with Gasteiger partial charge in [-0.05, 0) is 135 Å². The molecule has 19 heteroatoms. The molecule has 580 valence electrons. The van der Waals surface area contributed by atoms with Crippen LogP contribution in [0, 0.1) is 0 Å². The quantitative estimate of drug-likeness (QED) is 0.0169. The fourth-order valence-corrected chi connectivity index (χ4v) is 11.3. The summed E-state index contributed by atoms with van der Waals surface area (Å²) in [6.45, 7) is 4.37. The van der Waals surface area contributed by atoms with Crippen molar-refractivity contribution in [2.75, 3.05) is 39.6 Å². The lowest BCUT2D eigenvalue weighted by Crippen LogP contribution is -2.30. The largest absolute Gasteiger partial charge is 0.472 e. The summed E-state index contributed by atoms with van der Waals surface area (Å²) in [6.07, 6.45) is 85.4. The minimum absolute atomic E-state index is 0.0215. The number of aliphatic hydroxyl groups excluding tert-OH is 1. The van der Waals surface area contributed by atoms with Crippen LogP contribution in [0.2, 0.25) is 0 Å². The van der Waals surface area contributed by atoms with Crippen LogP contribution >= 0.6 is 15.6 Å². The Morgan fingerprint density at radius 2 is 0.529 bits per heavy atom. The van der Waals surface area contributed by atoms with Crippen molar-refractivity contribution >= 4 is 39.5 Å². The SMILES string of the molecule is CC/C=C\C/C=C\C/C=C\C/C=C\C/C=C\C/C=C\CCC(=O)OCC(COP(=O)(O)OCC(O)COP(=O)(O)OCC(COC(=O)CCCCCCC/C=C\C/C=C\C/C=C\CC)OC(=O)CCCCCCCCCCCCCCC)OC(=O)CCCC/C=C\C/C=C\C/C=C\C/C=C\CC. The predicted octanol–water partition coefficient (Wildman–Crippen LogP) is 22.4. The summed E-state index contributed by atoms with van der Waals surface area (Å²) in [5.74, 6) is -2.35. The zero-order chi connectivity index (χ0) is 74.6. The van der Waals surface area contributed by atoms with E-state index in [0.717, 1.165) is 141 Å². The monoisotopic (exact) mass is 1470 g/mol. The van der Waals surface area contributed by atoms with Crippen LogP contribution in [-0.4, -0.2) is 96.7 Å². The van der Waals surface area contributed by atoms with Gasteiger partial charge in [0, 0.05) is 25.7 Å². The van der Waals surface area contributed by atoms with E-state index < -0.39 is 97.5 Å². The number of hydrogen-bond acceptors (Lipinski definition) is 15. The topological polar surface area (TPSA) is 237 Å². The number of phosphoric acid groups is 2. The predicted molar refractivity (Wildman–Crippen MR) is 417 cm³/mol. The lowest BCUT2D eigenvalue weighted by molar-refractivity contribution is -0.161. The second kappa shape index (κ2) is 74.0. The molecule has 0 spiro atoms. The molecule has 0 aliphatic rings. The van der Waals surface area contributed by atoms with Gasteiger partial charge in [0.2, 0.25) is 0 Å². The van der Waals surface area contributed by atoms with E-state index >= 15 is 0 Å². The van der Waals surface area contributed by atoms with Crippen molar-refractivity contribution in [1.29, 1.82) is 0 Å². The molecule has 0 amide bonds. The second-order valence-electron chi connectivity index (χ2n) is 25.2. The van der Waals surface area contributed by atoms with Crippen molar-refractivity contribution in [2.45, 2.75) is 303 Å². The van der Waals surface area contributed by atoms with Crippen LogP contribution in [0.1, 0.15) is 285 Å². The van der Waals surface area contributed by atoms with Crippen molar-refractivity contribution in [2.24, 2.45) is 0 Å². The first-order valence-electron chi connectivity index (χ1n) is 38.7. The summed E-state index contributed by atoms with van der Waals surface area (Å²) < 4.78 is 68.4. The number of esters is 4. The van der Waals surface area contributed by atoms with E-state index in [1.807, 2.05) is 18.2 Å². The maximum Gasteiger partial charge on any atom is 0.472 e. The van der Waals surface area contributed by atoms with Crippen molar-refractivity contribution in [3.05, 3.63) is 158 Å². The van der Waals surface area contributed by atoms with Gasteiger partial charge in [-0.1, -0.05) is 282 Å². The smallest absolute Gasteiger partial charge is 0.462 e. The molecule has 0 saturated carbocycles. The molecule has 5 unspecified atom stereocenters. The van der Waals surface area contributed by atoms with E-state index in [0.29, 0.717) is 38.5 Å². The van der Waals surface area contributed by atoms with Gasteiger partial charge < -0.3 is 33.8 Å². The molecule has 0 aromatic carbocycles. The highest BCUT2D eigenvalue weighted by molar-refractivity contribution is 7.47. The maximum atomic E-state index is 13.1. The van der Waals surface area contributed by atoms with Crippen LogP contribution < -0.4 is 0 Å². The number of allylic oxidation sites excluding steroid dienone is 26. The molecule has 0 saturated heterocycles. The molecule has 0 radical (unpaired) electrons. The standard InChI is InChI=1S/C83H136O17P2/c1-5-9-13-17-21-25-29-33-36-37-38-39-42-45-48-52-56-60-64-68-81(86)94-74-79(100-83(88)70-66-62-58-54-50-46-41-35-31-27-23-19-15-11-7-3)76-98-102(91,92)96-72-77(84)71-95-101(89,90)97-75-78(99-82(87)69-65-61-57-53-49-43-32-28-24-20-16-12-8-4)73-93-80(85)67-63-59-55-51-47-44-40-34-30-26-22-18-14-10-6-2/h9-11,13-15,21-23,25-27,33-36,38-41,45,48,50,54,56,60,77-79,84H,5-8,12,16-20,24,28-32,37,42-44,46-47,49,51-53,55,57-59,61-76H2,1-4H3,(H,89,90)(H,91,92)/b13-9-,14-10-,15-11-,25-21-,26-22-,27-23-,36-33-,39-38-,40-34-,41-35-,48-45-,54-50-,60-56-. The van der Waals surface area contributed by atoms with Crippen LogP contribution in [0.3, 0.4) is 0 Å². The first-order chi connectivity index (χ1) is 49.7. The zero-order valence-corrected chi connectivity index (χ0v) is 65.0. The van der Waals surface area contributed by atoms with Crippen molar-refractivity contribution in [3.8, 4) is 0 Å². The van der Waals surface area contributed by atoms with Crippen molar-refractivity contribution < 1.29 is 80.2 Å². The van der Waals surface area contributed by atoms with Crippen LogP contribution in [0.15, 0.2) is 158 Å². The number of aliphatic hydroxyl groups is 1.